The highest BCUT2D eigenvalue weighted by Crippen LogP contribution is 2.16. The van der Waals surface area contributed by atoms with Gasteiger partial charge in [0.25, 0.3) is 0 Å². The van der Waals surface area contributed by atoms with Crippen molar-refractivity contribution in [3.63, 3.8) is 0 Å². The molecule has 0 atom stereocenters. The number of aromatic nitrogens is 1. The molecule has 0 bridgehead atoms. The lowest BCUT2D eigenvalue weighted by atomic mass is 10.3. The van der Waals surface area contributed by atoms with Crippen LogP contribution in [-0.4, -0.2) is 35.8 Å². The molecule has 0 spiro atoms. The fourth-order valence-electron chi connectivity index (χ4n) is 1.61. The molecule has 0 aromatic carbocycles. The summed E-state index contributed by atoms with van der Waals surface area (Å²) >= 11 is 0. The summed E-state index contributed by atoms with van der Waals surface area (Å²) in [5.74, 6) is 1.78. The number of pyridine rings is 1. The van der Waals surface area contributed by atoms with Gasteiger partial charge >= 0.3 is 0 Å². The van der Waals surface area contributed by atoms with Crippen LogP contribution in [-0.2, 0) is 0 Å². The van der Waals surface area contributed by atoms with Gasteiger partial charge in [0.2, 0.25) is 0 Å². The molecule has 0 amide bonds. The summed E-state index contributed by atoms with van der Waals surface area (Å²) in [5.41, 5.74) is 0. The molecule has 90 valence electrons. The molecule has 0 aliphatic heterocycles. The molecule has 0 saturated heterocycles. The molecule has 1 rings (SSSR count). The lowest BCUT2D eigenvalue weighted by Gasteiger charge is -2.27. The van der Waals surface area contributed by atoms with Crippen LogP contribution in [0, 0.1) is 0 Å². The Hall–Kier alpha value is -1.29. The van der Waals surface area contributed by atoms with Crippen molar-refractivity contribution in [1.29, 1.82) is 0 Å². The molecular weight excluding hydrogens is 202 g/mol. The van der Waals surface area contributed by atoms with E-state index in [1.54, 1.807) is 0 Å². The molecule has 1 aromatic rings. The first-order valence-electron chi connectivity index (χ1n) is 5.77. The Morgan fingerprint density at radius 2 is 2.19 bits per heavy atom. The van der Waals surface area contributed by atoms with Crippen LogP contribution in [0.2, 0.25) is 0 Å². The van der Waals surface area contributed by atoms with Gasteiger partial charge in [0.05, 0.1) is 6.61 Å². The molecule has 0 radical (unpaired) electrons. The van der Waals surface area contributed by atoms with E-state index in [4.69, 9.17) is 5.11 Å². The first kappa shape index (κ1) is 12.8. The summed E-state index contributed by atoms with van der Waals surface area (Å²) in [6.07, 6.45) is 0. The third-order valence-corrected chi connectivity index (χ3v) is 2.35. The van der Waals surface area contributed by atoms with Crippen LogP contribution in [0.3, 0.4) is 0 Å². The van der Waals surface area contributed by atoms with E-state index in [2.05, 4.69) is 29.0 Å². The minimum atomic E-state index is 0.144. The van der Waals surface area contributed by atoms with Gasteiger partial charge in [-0.05, 0) is 32.9 Å². The Balaban J connectivity index is 2.86. The summed E-state index contributed by atoms with van der Waals surface area (Å²) < 4.78 is 0. The summed E-state index contributed by atoms with van der Waals surface area (Å²) in [6.45, 7) is 7.85. The van der Waals surface area contributed by atoms with Crippen LogP contribution in [0.15, 0.2) is 18.2 Å². The molecule has 1 heterocycles. The molecule has 0 unspecified atom stereocenters. The van der Waals surface area contributed by atoms with Crippen molar-refractivity contribution < 1.29 is 5.11 Å². The molecule has 0 aliphatic carbocycles. The zero-order valence-electron chi connectivity index (χ0n) is 10.3. The second-order valence-corrected chi connectivity index (χ2v) is 3.92. The van der Waals surface area contributed by atoms with Gasteiger partial charge < -0.3 is 15.3 Å². The highest BCUT2D eigenvalue weighted by atomic mass is 16.3. The van der Waals surface area contributed by atoms with Gasteiger partial charge in [-0.3, -0.25) is 0 Å². The van der Waals surface area contributed by atoms with Crippen LogP contribution in [0.4, 0.5) is 11.6 Å². The normalized spacial score (nSPS) is 10.6. The number of nitrogens with one attached hydrogen (secondary N) is 1. The van der Waals surface area contributed by atoms with E-state index in [0.717, 1.165) is 18.2 Å². The second-order valence-electron chi connectivity index (χ2n) is 3.92. The highest BCUT2D eigenvalue weighted by Gasteiger charge is 2.11. The fraction of sp³-hybridized carbons (Fsp3) is 0.583. The maximum absolute atomic E-state index is 9.03. The van der Waals surface area contributed by atoms with Crippen molar-refractivity contribution in [2.45, 2.75) is 26.8 Å². The number of hydrogen-bond acceptors (Lipinski definition) is 4. The standard InChI is InChI=1S/C12H21N3O/c1-4-13-11-6-5-7-12(14-11)15(8-9-16)10(2)3/h5-7,10,16H,4,8-9H2,1-3H3,(H,13,14). The Labute approximate surface area is 97.3 Å². The number of rotatable bonds is 6. The number of nitrogens with zero attached hydrogens (tertiary/aromatic N) is 2. The molecule has 2 N–H and O–H groups in total. The first-order valence-corrected chi connectivity index (χ1v) is 5.77. The van der Waals surface area contributed by atoms with Crippen LogP contribution in [0.1, 0.15) is 20.8 Å². The van der Waals surface area contributed by atoms with Crippen molar-refractivity contribution >= 4 is 11.6 Å². The van der Waals surface area contributed by atoms with Gasteiger partial charge in [-0.1, -0.05) is 6.07 Å². The van der Waals surface area contributed by atoms with Gasteiger partial charge in [0.15, 0.2) is 0 Å². The first-order chi connectivity index (χ1) is 7.69. The maximum Gasteiger partial charge on any atom is 0.131 e. The molecular formula is C12H21N3O. The van der Waals surface area contributed by atoms with Crippen molar-refractivity contribution in [2.24, 2.45) is 0 Å². The van der Waals surface area contributed by atoms with E-state index in [1.165, 1.54) is 0 Å². The van der Waals surface area contributed by atoms with E-state index in [-0.39, 0.29) is 6.61 Å². The number of aliphatic hydroxyl groups excluding tert-OH is 1. The number of anilines is 2. The van der Waals surface area contributed by atoms with Crippen molar-refractivity contribution in [1.82, 2.24) is 4.98 Å². The molecule has 1 aromatic heterocycles. The Bertz CT molecular complexity index is 315. The third-order valence-electron chi connectivity index (χ3n) is 2.35. The predicted molar refractivity (Wildman–Crippen MR) is 68.0 cm³/mol. The molecule has 4 nitrogen and oxygen atoms in total. The van der Waals surface area contributed by atoms with Crippen molar-refractivity contribution in [3.05, 3.63) is 18.2 Å². The minimum absolute atomic E-state index is 0.144. The highest BCUT2D eigenvalue weighted by molar-refractivity contribution is 5.47. The van der Waals surface area contributed by atoms with Gasteiger partial charge in [-0.15, -0.1) is 0 Å². The third kappa shape index (κ3) is 3.38. The Morgan fingerprint density at radius 1 is 1.44 bits per heavy atom. The molecule has 4 heteroatoms. The zero-order chi connectivity index (χ0) is 12.0. The number of hydrogen-bond donors (Lipinski definition) is 2. The minimum Gasteiger partial charge on any atom is -0.395 e. The Kier molecular flexibility index (Phi) is 5.05. The molecule has 16 heavy (non-hydrogen) atoms. The fourth-order valence-corrected chi connectivity index (χ4v) is 1.61. The van der Waals surface area contributed by atoms with Gasteiger partial charge in [0, 0.05) is 19.1 Å². The van der Waals surface area contributed by atoms with E-state index >= 15 is 0 Å². The van der Waals surface area contributed by atoms with Gasteiger partial charge in [-0.2, -0.15) is 0 Å². The molecule has 0 aliphatic rings. The van der Waals surface area contributed by atoms with Crippen LogP contribution < -0.4 is 10.2 Å². The topological polar surface area (TPSA) is 48.4 Å². The summed E-state index contributed by atoms with van der Waals surface area (Å²) in [5, 5.41) is 12.2. The van der Waals surface area contributed by atoms with Crippen molar-refractivity contribution in [2.75, 3.05) is 29.9 Å². The summed E-state index contributed by atoms with van der Waals surface area (Å²) in [7, 11) is 0. The van der Waals surface area contributed by atoms with E-state index in [1.807, 2.05) is 25.1 Å². The average Bonchev–Trinajstić information content (AvgIpc) is 2.26. The molecule has 0 fully saturated rings. The largest absolute Gasteiger partial charge is 0.395 e. The van der Waals surface area contributed by atoms with Crippen LogP contribution in [0.5, 0.6) is 0 Å². The SMILES string of the molecule is CCNc1cccc(N(CCO)C(C)C)n1. The van der Waals surface area contributed by atoms with E-state index in [9.17, 15) is 0 Å². The van der Waals surface area contributed by atoms with E-state index in [0.29, 0.717) is 12.6 Å². The monoisotopic (exact) mass is 223 g/mol. The number of aliphatic hydroxyl groups is 1. The van der Waals surface area contributed by atoms with E-state index < -0.39 is 0 Å². The predicted octanol–water partition coefficient (Wildman–Crippen LogP) is 1.72. The summed E-state index contributed by atoms with van der Waals surface area (Å²) in [6, 6.07) is 6.23. The quantitative estimate of drug-likeness (QED) is 0.771. The van der Waals surface area contributed by atoms with Gasteiger partial charge in [-0.25, -0.2) is 4.98 Å². The lowest BCUT2D eigenvalue weighted by Crippen LogP contribution is -2.34. The zero-order valence-corrected chi connectivity index (χ0v) is 10.3. The lowest BCUT2D eigenvalue weighted by molar-refractivity contribution is 0.298. The smallest absolute Gasteiger partial charge is 0.131 e. The Morgan fingerprint density at radius 3 is 2.75 bits per heavy atom. The van der Waals surface area contributed by atoms with Crippen LogP contribution >= 0.6 is 0 Å². The van der Waals surface area contributed by atoms with Crippen molar-refractivity contribution in [3.8, 4) is 0 Å². The average molecular weight is 223 g/mol. The summed E-state index contributed by atoms with van der Waals surface area (Å²) in [4.78, 5) is 6.59. The van der Waals surface area contributed by atoms with Gasteiger partial charge in [0.1, 0.15) is 11.6 Å². The van der Waals surface area contributed by atoms with Crippen LogP contribution in [0.25, 0.3) is 0 Å². The maximum atomic E-state index is 9.03. The molecule has 0 saturated carbocycles. The second kappa shape index (κ2) is 6.33.